The smallest absolute Gasteiger partial charge is 0.122 e. The van der Waals surface area contributed by atoms with Gasteiger partial charge in [-0.3, -0.25) is 0 Å². The van der Waals surface area contributed by atoms with E-state index in [0.29, 0.717) is 6.42 Å². The minimum absolute atomic E-state index is 0.473. The zero-order chi connectivity index (χ0) is 15.4. The summed E-state index contributed by atoms with van der Waals surface area (Å²) in [5.41, 5.74) is 3.44. The molecule has 1 N–H and O–H groups in total. The Labute approximate surface area is 133 Å². The summed E-state index contributed by atoms with van der Waals surface area (Å²) in [6.45, 7) is 3.89. The van der Waals surface area contributed by atoms with Gasteiger partial charge in [0.2, 0.25) is 0 Å². The number of aliphatic hydroxyl groups is 1. The molecule has 5 heteroatoms. The van der Waals surface area contributed by atoms with Crippen LogP contribution in [-0.4, -0.2) is 22.4 Å². The topological polar surface area (TPSA) is 55.2 Å². The average Bonchev–Trinajstić information content (AvgIpc) is 2.47. The van der Waals surface area contributed by atoms with Crippen molar-refractivity contribution in [1.29, 1.82) is 0 Å². The van der Waals surface area contributed by atoms with E-state index in [0.717, 1.165) is 39.2 Å². The van der Waals surface area contributed by atoms with Crippen molar-refractivity contribution in [2.75, 3.05) is 7.11 Å². The minimum Gasteiger partial charge on any atom is -0.496 e. The van der Waals surface area contributed by atoms with Crippen molar-refractivity contribution < 1.29 is 9.84 Å². The third-order valence-electron chi connectivity index (χ3n) is 3.38. The van der Waals surface area contributed by atoms with Crippen molar-refractivity contribution in [2.24, 2.45) is 0 Å². The second-order valence-electron chi connectivity index (χ2n) is 4.92. The molecule has 21 heavy (non-hydrogen) atoms. The maximum atomic E-state index is 10.6. The third kappa shape index (κ3) is 3.80. The summed E-state index contributed by atoms with van der Waals surface area (Å²) in [5, 5.41) is 18.8. The van der Waals surface area contributed by atoms with Crippen LogP contribution in [0.2, 0.25) is 0 Å². The van der Waals surface area contributed by atoms with Crippen LogP contribution in [0.15, 0.2) is 28.7 Å². The Morgan fingerprint density at radius 2 is 2.05 bits per heavy atom. The largest absolute Gasteiger partial charge is 0.496 e. The fraction of sp³-hybridized carbons (Fsp3) is 0.375. The summed E-state index contributed by atoms with van der Waals surface area (Å²) in [7, 11) is 1.63. The average molecular weight is 351 g/mol. The van der Waals surface area contributed by atoms with E-state index in [1.54, 1.807) is 7.11 Å². The molecular formula is C16H19BrN2O2. The van der Waals surface area contributed by atoms with Gasteiger partial charge in [0.1, 0.15) is 5.75 Å². The lowest BCUT2D eigenvalue weighted by Crippen LogP contribution is -2.09. The highest BCUT2D eigenvalue weighted by atomic mass is 79.9. The number of aromatic nitrogens is 2. The number of methoxy groups -OCH3 is 1. The van der Waals surface area contributed by atoms with E-state index in [1.807, 2.05) is 38.1 Å². The van der Waals surface area contributed by atoms with Gasteiger partial charge in [0.05, 0.1) is 24.6 Å². The number of benzene rings is 1. The molecule has 0 aliphatic rings. The Hall–Kier alpha value is -1.46. The highest BCUT2D eigenvalue weighted by molar-refractivity contribution is 9.10. The normalized spacial score (nSPS) is 12.2. The van der Waals surface area contributed by atoms with E-state index in [4.69, 9.17) is 4.74 Å². The number of hydrogen-bond donors (Lipinski definition) is 1. The molecule has 0 spiro atoms. The fourth-order valence-corrected chi connectivity index (χ4v) is 2.73. The maximum Gasteiger partial charge on any atom is 0.122 e. The third-order valence-corrected chi connectivity index (χ3v) is 3.87. The predicted molar refractivity (Wildman–Crippen MR) is 85.5 cm³/mol. The Morgan fingerprint density at radius 3 is 2.71 bits per heavy atom. The molecule has 1 unspecified atom stereocenters. The van der Waals surface area contributed by atoms with Crippen LogP contribution in [0, 0.1) is 6.92 Å². The van der Waals surface area contributed by atoms with Crippen molar-refractivity contribution in [3.05, 3.63) is 51.3 Å². The number of nitrogens with zero attached hydrogens (tertiary/aromatic N) is 2. The van der Waals surface area contributed by atoms with Crippen molar-refractivity contribution in [3.8, 4) is 5.75 Å². The summed E-state index contributed by atoms with van der Waals surface area (Å²) in [5.74, 6) is 0.772. The van der Waals surface area contributed by atoms with Crippen LogP contribution in [-0.2, 0) is 12.8 Å². The summed E-state index contributed by atoms with van der Waals surface area (Å²) in [4.78, 5) is 0. The summed E-state index contributed by atoms with van der Waals surface area (Å²) >= 11 is 3.45. The van der Waals surface area contributed by atoms with Crippen LogP contribution < -0.4 is 4.74 Å². The van der Waals surface area contributed by atoms with Gasteiger partial charge >= 0.3 is 0 Å². The van der Waals surface area contributed by atoms with Gasteiger partial charge in [-0.05, 0) is 43.2 Å². The first-order chi connectivity index (χ1) is 10.0. The quantitative estimate of drug-likeness (QED) is 0.897. The number of aryl methyl sites for hydroxylation is 2. The van der Waals surface area contributed by atoms with E-state index >= 15 is 0 Å². The molecule has 1 aromatic heterocycles. The van der Waals surface area contributed by atoms with Crippen LogP contribution >= 0.6 is 15.9 Å². The van der Waals surface area contributed by atoms with Gasteiger partial charge < -0.3 is 9.84 Å². The summed E-state index contributed by atoms with van der Waals surface area (Å²) in [6, 6.07) is 7.68. The van der Waals surface area contributed by atoms with E-state index in [1.165, 1.54) is 0 Å². The lowest BCUT2D eigenvalue weighted by atomic mass is 9.98. The van der Waals surface area contributed by atoms with Crippen LogP contribution in [0.1, 0.15) is 35.5 Å². The molecule has 0 saturated heterocycles. The van der Waals surface area contributed by atoms with E-state index in [-0.39, 0.29) is 0 Å². The van der Waals surface area contributed by atoms with Crippen molar-refractivity contribution in [1.82, 2.24) is 10.2 Å². The molecule has 1 heterocycles. The molecule has 0 aliphatic carbocycles. The summed E-state index contributed by atoms with van der Waals surface area (Å²) < 4.78 is 6.32. The van der Waals surface area contributed by atoms with Gasteiger partial charge in [0.15, 0.2) is 0 Å². The van der Waals surface area contributed by atoms with Crippen LogP contribution in [0.25, 0.3) is 0 Å². The molecule has 112 valence electrons. The van der Waals surface area contributed by atoms with E-state index in [2.05, 4.69) is 26.1 Å². The van der Waals surface area contributed by atoms with Crippen LogP contribution in [0.3, 0.4) is 0 Å². The zero-order valence-electron chi connectivity index (χ0n) is 12.4. The predicted octanol–water partition coefficient (Wildman–Crippen LogP) is 3.39. The first-order valence-corrected chi connectivity index (χ1v) is 7.68. The van der Waals surface area contributed by atoms with Crippen molar-refractivity contribution in [3.63, 3.8) is 0 Å². The van der Waals surface area contributed by atoms with Gasteiger partial charge in [-0.25, -0.2) is 0 Å². The Bertz CT molecular complexity index is 632. The zero-order valence-corrected chi connectivity index (χ0v) is 14.0. The maximum absolute atomic E-state index is 10.6. The molecule has 1 aromatic carbocycles. The Balaban J connectivity index is 2.31. The van der Waals surface area contributed by atoms with E-state index in [9.17, 15) is 5.11 Å². The number of ether oxygens (including phenoxy) is 1. The first-order valence-electron chi connectivity index (χ1n) is 6.88. The lowest BCUT2D eigenvalue weighted by Gasteiger charge is -2.16. The summed E-state index contributed by atoms with van der Waals surface area (Å²) in [6.07, 6.45) is 0.591. The molecule has 0 amide bonds. The van der Waals surface area contributed by atoms with Gasteiger partial charge in [-0.2, -0.15) is 10.2 Å². The molecule has 4 nitrogen and oxygen atoms in total. The molecule has 0 fully saturated rings. The highest BCUT2D eigenvalue weighted by Crippen LogP contribution is 2.29. The second kappa shape index (κ2) is 7.00. The van der Waals surface area contributed by atoms with Crippen LogP contribution in [0.4, 0.5) is 0 Å². The molecule has 0 bridgehead atoms. The number of rotatable bonds is 5. The van der Waals surface area contributed by atoms with Gasteiger partial charge in [-0.15, -0.1) is 0 Å². The van der Waals surface area contributed by atoms with Crippen molar-refractivity contribution >= 4 is 15.9 Å². The van der Waals surface area contributed by atoms with Gasteiger partial charge in [0, 0.05) is 16.5 Å². The molecule has 0 radical (unpaired) electrons. The first kappa shape index (κ1) is 15.9. The fourth-order valence-electron chi connectivity index (χ4n) is 2.32. The standard InChI is InChI=1S/C16H19BrN2O2/c1-4-14-13(7-10(2)18-19-14)15(20)9-11-8-12(17)5-6-16(11)21-3/h5-8,15,20H,4,9H2,1-3H3. The second-order valence-corrected chi connectivity index (χ2v) is 5.83. The molecule has 1 atom stereocenters. The van der Waals surface area contributed by atoms with Crippen LogP contribution in [0.5, 0.6) is 5.75 Å². The Morgan fingerprint density at radius 1 is 1.29 bits per heavy atom. The number of hydrogen-bond acceptors (Lipinski definition) is 4. The Kier molecular flexibility index (Phi) is 5.31. The monoisotopic (exact) mass is 350 g/mol. The molecule has 0 aliphatic heterocycles. The number of halogens is 1. The number of aliphatic hydroxyl groups excluding tert-OH is 1. The van der Waals surface area contributed by atoms with E-state index < -0.39 is 6.10 Å². The lowest BCUT2D eigenvalue weighted by molar-refractivity contribution is 0.175. The highest BCUT2D eigenvalue weighted by Gasteiger charge is 2.17. The molecule has 2 rings (SSSR count). The molecule has 0 saturated carbocycles. The SMILES string of the molecule is CCc1nnc(C)cc1C(O)Cc1cc(Br)ccc1OC. The van der Waals surface area contributed by atoms with Gasteiger partial charge in [-0.1, -0.05) is 22.9 Å². The molecular weight excluding hydrogens is 332 g/mol. The van der Waals surface area contributed by atoms with Gasteiger partial charge in [0.25, 0.3) is 0 Å². The van der Waals surface area contributed by atoms with Crippen molar-refractivity contribution in [2.45, 2.75) is 32.8 Å². The minimum atomic E-state index is -0.627. The molecule has 2 aromatic rings.